The van der Waals surface area contributed by atoms with Crippen molar-refractivity contribution in [2.24, 2.45) is 0 Å². The second-order valence-electron chi connectivity index (χ2n) is 4.36. The molecule has 1 aliphatic heterocycles. The van der Waals surface area contributed by atoms with E-state index in [1.807, 2.05) is 18.7 Å². The first-order valence-electron chi connectivity index (χ1n) is 5.43. The predicted molar refractivity (Wildman–Crippen MR) is 69.5 cm³/mol. The van der Waals surface area contributed by atoms with Crippen molar-refractivity contribution in [3.8, 4) is 0 Å². The minimum Gasteiger partial charge on any atom is -0.373 e. The van der Waals surface area contributed by atoms with Crippen LogP contribution >= 0.6 is 34.8 Å². The van der Waals surface area contributed by atoms with Crippen LogP contribution in [0.3, 0.4) is 0 Å². The van der Waals surface area contributed by atoms with E-state index in [0.717, 1.165) is 0 Å². The summed E-state index contributed by atoms with van der Waals surface area (Å²) >= 11 is 17.7. The highest BCUT2D eigenvalue weighted by atomic mass is 35.6. The lowest BCUT2D eigenvalue weighted by atomic mass is 10.2. The van der Waals surface area contributed by atoms with Gasteiger partial charge >= 0.3 is 0 Å². The van der Waals surface area contributed by atoms with Crippen molar-refractivity contribution in [1.29, 1.82) is 0 Å². The van der Waals surface area contributed by atoms with Gasteiger partial charge in [0.1, 0.15) is 6.17 Å². The van der Waals surface area contributed by atoms with Crippen molar-refractivity contribution in [3.63, 3.8) is 0 Å². The van der Waals surface area contributed by atoms with Gasteiger partial charge in [-0.3, -0.25) is 9.69 Å². The van der Waals surface area contributed by atoms with E-state index in [1.165, 1.54) is 6.92 Å². The first kappa shape index (κ1) is 15.3. The van der Waals surface area contributed by atoms with Crippen LogP contribution in [0, 0.1) is 0 Å². The van der Waals surface area contributed by atoms with E-state index < -0.39 is 9.96 Å². The molecule has 0 aliphatic carbocycles. The lowest BCUT2D eigenvalue weighted by molar-refractivity contribution is -0.124. The van der Waals surface area contributed by atoms with Crippen LogP contribution in [0.2, 0.25) is 0 Å². The summed E-state index contributed by atoms with van der Waals surface area (Å²) in [4.78, 5) is 13.1. The number of ether oxygens (including phenoxy) is 1. The monoisotopic (exact) mass is 302 g/mol. The van der Waals surface area contributed by atoms with Crippen LogP contribution < -0.4 is 5.32 Å². The van der Waals surface area contributed by atoms with Crippen LogP contribution in [0.25, 0.3) is 0 Å². The second kappa shape index (κ2) is 5.93. The maximum Gasteiger partial charge on any atom is 0.223 e. The molecule has 4 nitrogen and oxygen atoms in total. The summed E-state index contributed by atoms with van der Waals surface area (Å²) in [6, 6.07) is 0. The highest BCUT2D eigenvalue weighted by molar-refractivity contribution is 6.68. The molecule has 0 unspecified atom stereocenters. The summed E-state index contributed by atoms with van der Waals surface area (Å²) < 4.78 is 4.03. The molecule has 0 saturated carbocycles. The van der Waals surface area contributed by atoms with Gasteiger partial charge in [0.2, 0.25) is 9.70 Å². The van der Waals surface area contributed by atoms with Crippen LogP contribution in [-0.4, -0.2) is 46.1 Å². The van der Waals surface area contributed by atoms with E-state index >= 15 is 0 Å². The van der Waals surface area contributed by atoms with Gasteiger partial charge in [0, 0.05) is 20.0 Å². The fraction of sp³-hybridized carbons (Fsp3) is 0.900. The number of morpholine rings is 1. The molecule has 1 aliphatic rings. The third-order valence-electron chi connectivity index (χ3n) is 2.46. The lowest BCUT2D eigenvalue weighted by Crippen LogP contribution is -2.60. The topological polar surface area (TPSA) is 41.6 Å². The maximum atomic E-state index is 11.2. The SMILES string of the molecule is CC(=O)N[C@@H](N1C[C@@H](C)O[C@@H](C)C1)C(Cl)(Cl)Cl. The Morgan fingerprint density at radius 3 is 2.18 bits per heavy atom. The molecular formula is C10H17Cl3N2O2. The summed E-state index contributed by atoms with van der Waals surface area (Å²) in [6.07, 6.45) is -0.552. The van der Waals surface area contributed by atoms with Gasteiger partial charge in [-0.15, -0.1) is 0 Å². The van der Waals surface area contributed by atoms with Crippen LogP contribution in [0.4, 0.5) is 0 Å². The number of alkyl halides is 3. The summed E-state index contributed by atoms with van der Waals surface area (Å²) in [6.45, 7) is 6.53. The van der Waals surface area contributed by atoms with Crippen LogP contribution in [0.1, 0.15) is 20.8 Å². The number of carbonyl (C=O) groups excluding carboxylic acids is 1. The van der Waals surface area contributed by atoms with Gasteiger partial charge in [-0.05, 0) is 13.8 Å². The molecule has 3 atom stereocenters. The Hall–Kier alpha value is 0.260. The zero-order chi connectivity index (χ0) is 13.2. The van der Waals surface area contributed by atoms with Crippen molar-refractivity contribution in [2.45, 2.75) is 42.9 Å². The maximum absolute atomic E-state index is 11.2. The lowest BCUT2D eigenvalue weighted by Gasteiger charge is -2.42. The van der Waals surface area contributed by atoms with E-state index in [9.17, 15) is 4.79 Å². The molecular weight excluding hydrogens is 286 g/mol. The summed E-state index contributed by atoms with van der Waals surface area (Å²) in [5.74, 6) is -0.229. The number of nitrogens with zero attached hydrogens (tertiary/aromatic N) is 1. The van der Waals surface area contributed by atoms with Gasteiger partial charge in [0.05, 0.1) is 12.2 Å². The average molecular weight is 304 g/mol. The van der Waals surface area contributed by atoms with Crippen molar-refractivity contribution < 1.29 is 9.53 Å². The Morgan fingerprint density at radius 2 is 1.82 bits per heavy atom. The molecule has 17 heavy (non-hydrogen) atoms. The zero-order valence-corrected chi connectivity index (χ0v) is 12.3. The predicted octanol–water partition coefficient (Wildman–Crippen LogP) is 1.93. The minimum absolute atomic E-state index is 0.0439. The summed E-state index contributed by atoms with van der Waals surface area (Å²) in [5, 5.41) is 2.67. The van der Waals surface area contributed by atoms with E-state index in [2.05, 4.69) is 5.32 Å². The molecule has 0 bridgehead atoms. The fourth-order valence-corrected chi connectivity index (χ4v) is 2.58. The molecule has 0 aromatic rings. The van der Waals surface area contributed by atoms with Crippen molar-refractivity contribution in [1.82, 2.24) is 10.2 Å². The molecule has 0 spiro atoms. The van der Waals surface area contributed by atoms with Gasteiger partial charge in [-0.2, -0.15) is 0 Å². The Labute approximate surface area is 117 Å². The molecule has 1 amide bonds. The van der Waals surface area contributed by atoms with Gasteiger partial charge in [-0.1, -0.05) is 34.8 Å². The van der Waals surface area contributed by atoms with Crippen molar-refractivity contribution in [3.05, 3.63) is 0 Å². The Kier molecular flexibility index (Phi) is 5.35. The van der Waals surface area contributed by atoms with E-state index in [1.54, 1.807) is 0 Å². The molecule has 0 aromatic heterocycles. The summed E-state index contributed by atoms with van der Waals surface area (Å²) in [5.41, 5.74) is 0. The largest absolute Gasteiger partial charge is 0.373 e. The van der Waals surface area contributed by atoms with Crippen molar-refractivity contribution >= 4 is 40.7 Å². The normalized spacial score (nSPS) is 28.8. The molecule has 1 N–H and O–H groups in total. The highest BCUT2D eigenvalue weighted by Crippen LogP contribution is 2.33. The number of hydrogen-bond donors (Lipinski definition) is 1. The molecule has 100 valence electrons. The fourth-order valence-electron chi connectivity index (χ4n) is 2.00. The standard InChI is InChI=1S/C10H17Cl3N2O2/c1-6-4-15(5-7(2)17-6)9(10(11,12)13)14-8(3)16/h6-7,9H,4-5H2,1-3H3,(H,14,16)/t6-,7+,9-/m0/s1. The van der Waals surface area contributed by atoms with E-state index in [0.29, 0.717) is 13.1 Å². The zero-order valence-electron chi connectivity index (χ0n) is 10.0. The molecule has 1 rings (SSSR count). The number of amides is 1. The molecule has 1 fully saturated rings. The second-order valence-corrected chi connectivity index (χ2v) is 6.72. The van der Waals surface area contributed by atoms with Gasteiger partial charge in [0.25, 0.3) is 0 Å². The molecule has 1 heterocycles. The van der Waals surface area contributed by atoms with E-state index in [-0.39, 0.29) is 18.1 Å². The Balaban J connectivity index is 2.78. The minimum atomic E-state index is -1.57. The molecule has 1 saturated heterocycles. The molecule has 0 aromatic carbocycles. The summed E-state index contributed by atoms with van der Waals surface area (Å²) in [7, 11) is 0. The number of carbonyl (C=O) groups is 1. The van der Waals surface area contributed by atoms with Gasteiger partial charge < -0.3 is 10.1 Å². The Morgan fingerprint density at radius 1 is 1.35 bits per heavy atom. The number of rotatable bonds is 2. The number of halogens is 3. The van der Waals surface area contributed by atoms with Gasteiger partial charge in [-0.25, -0.2) is 0 Å². The first-order valence-corrected chi connectivity index (χ1v) is 6.57. The average Bonchev–Trinajstić information content (AvgIpc) is 2.10. The van der Waals surface area contributed by atoms with Gasteiger partial charge in [0.15, 0.2) is 0 Å². The van der Waals surface area contributed by atoms with Crippen LogP contribution in [0.15, 0.2) is 0 Å². The Bertz CT molecular complexity index is 273. The first-order chi connectivity index (χ1) is 7.70. The number of nitrogens with one attached hydrogen (secondary N) is 1. The smallest absolute Gasteiger partial charge is 0.223 e. The van der Waals surface area contributed by atoms with Crippen molar-refractivity contribution in [2.75, 3.05) is 13.1 Å². The quantitative estimate of drug-likeness (QED) is 0.793. The van der Waals surface area contributed by atoms with Crippen LogP contribution in [-0.2, 0) is 9.53 Å². The molecule has 7 heteroatoms. The van der Waals surface area contributed by atoms with Crippen LogP contribution in [0.5, 0.6) is 0 Å². The third-order valence-corrected chi connectivity index (χ3v) is 3.08. The third kappa shape index (κ3) is 4.79. The number of hydrogen-bond acceptors (Lipinski definition) is 3. The van der Waals surface area contributed by atoms with E-state index in [4.69, 9.17) is 39.5 Å². The molecule has 0 radical (unpaired) electrons. The highest BCUT2D eigenvalue weighted by Gasteiger charge is 2.40.